The molecule has 3 aromatic heterocycles. The second-order valence-electron chi connectivity index (χ2n) is 16.2. The summed E-state index contributed by atoms with van der Waals surface area (Å²) >= 11 is 4.01. The topological polar surface area (TPSA) is 413 Å². The minimum atomic E-state index is -1.44. The van der Waals surface area contributed by atoms with E-state index in [-0.39, 0.29) is 63.2 Å². The molecule has 4 rings (SSSR count). The number of aromatic nitrogens is 5. The number of amides is 6. The Morgan fingerprint density at radius 1 is 0.691 bits per heavy atom. The molecule has 26 heteroatoms. The van der Waals surface area contributed by atoms with Crippen LogP contribution in [0.2, 0.25) is 0 Å². The fourth-order valence-electron chi connectivity index (χ4n) is 6.89. The number of nitrogens with zero attached hydrogens (tertiary/aromatic N) is 3. The number of H-pyrrole nitrogens is 3. The molecule has 0 aliphatic rings. The molecule has 7 atom stereocenters. The van der Waals surface area contributed by atoms with Crippen molar-refractivity contribution < 1.29 is 48.6 Å². The van der Waals surface area contributed by atoms with Crippen molar-refractivity contribution in [3.05, 3.63) is 72.5 Å². The second-order valence-corrected chi connectivity index (χ2v) is 16.5. The Balaban J connectivity index is 1.65. The van der Waals surface area contributed by atoms with Gasteiger partial charge in [-0.1, -0.05) is 32.0 Å². The Morgan fingerprint density at radius 3 is 1.74 bits per heavy atom. The van der Waals surface area contributed by atoms with Crippen LogP contribution < -0.4 is 49.1 Å². The number of aromatic amines is 3. The van der Waals surface area contributed by atoms with Gasteiger partial charge in [0.25, 0.3) is 0 Å². The van der Waals surface area contributed by atoms with Gasteiger partial charge >= 0.3 is 11.9 Å². The van der Waals surface area contributed by atoms with Crippen LogP contribution in [-0.2, 0) is 57.6 Å². The predicted molar refractivity (Wildman–Crippen MR) is 249 cm³/mol. The molecule has 0 fully saturated rings. The summed E-state index contributed by atoms with van der Waals surface area (Å²) in [6.07, 6.45) is 6.21. The van der Waals surface area contributed by atoms with Crippen molar-refractivity contribution in [2.75, 3.05) is 12.3 Å². The van der Waals surface area contributed by atoms with Gasteiger partial charge in [0.2, 0.25) is 35.4 Å². The zero-order valence-corrected chi connectivity index (χ0v) is 38.3. The van der Waals surface area contributed by atoms with Gasteiger partial charge in [-0.2, -0.15) is 12.6 Å². The van der Waals surface area contributed by atoms with Crippen molar-refractivity contribution in [1.29, 1.82) is 0 Å². The number of fused-ring (bicyclic) bond motifs is 1. The SMILES string of the molecule is CC(C)[C@H](NC(=O)[C@@H](N)CCC(=O)O)C(=O)N[C@@H](Cc1c[nH]c2ccccc12)C(=O)N[C@@H](Cc1cnc[nH]1)C(=O)N[C@@H](CCCN=C(N)N)C(=O)N[C@@H](Cc1cnc[nH]1)C(=O)N[C@@H](CS)C(=O)O. The molecule has 3 heterocycles. The van der Waals surface area contributed by atoms with Gasteiger partial charge in [0.15, 0.2) is 5.96 Å². The number of nitrogens with one attached hydrogen (secondary N) is 9. The molecule has 1 aromatic carbocycles. The molecule has 0 aliphatic carbocycles. The number of thiol groups is 1. The first-order valence-electron chi connectivity index (χ1n) is 21.5. The van der Waals surface area contributed by atoms with Crippen molar-refractivity contribution in [3.8, 4) is 0 Å². The molecule has 25 nitrogen and oxygen atoms in total. The maximum atomic E-state index is 14.6. The maximum Gasteiger partial charge on any atom is 0.327 e. The lowest BCUT2D eigenvalue weighted by Gasteiger charge is -2.28. The lowest BCUT2D eigenvalue weighted by Crippen LogP contribution is -2.61. The Morgan fingerprint density at radius 2 is 1.22 bits per heavy atom. The van der Waals surface area contributed by atoms with E-state index in [1.165, 1.54) is 25.0 Å². The van der Waals surface area contributed by atoms with Crippen LogP contribution in [0.15, 0.2) is 60.5 Å². The van der Waals surface area contributed by atoms with Crippen LogP contribution in [0.3, 0.4) is 0 Å². The largest absolute Gasteiger partial charge is 0.481 e. The van der Waals surface area contributed by atoms with Crippen LogP contribution in [0, 0.1) is 5.92 Å². The third kappa shape index (κ3) is 16.4. The number of hydrogen-bond acceptors (Lipinski definition) is 13. The Kier molecular flexibility index (Phi) is 20.3. The summed E-state index contributed by atoms with van der Waals surface area (Å²) in [5.74, 6) is -8.52. The Labute approximate surface area is 395 Å². The number of imidazole rings is 2. The van der Waals surface area contributed by atoms with Gasteiger partial charge < -0.3 is 74.3 Å². The summed E-state index contributed by atoms with van der Waals surface area (Å²) in [6, 6.07) is -2.24. The van der Waals surface area contributed by atoms with E-state index in [2.05, 4.69) is 74.4 Å². The third-order valence-electron chi connectivity index (χ3n) is 10.6. The Bertz CT molecular complexity index is 2370. The molecule has 368 valence electrons. The lowest BCUT2D eigenvalue weighted by molar-refractivity contribution is -0.141. The molecule has 68 heavy (non-hydrogen) atoms. The van der Waals surface area contributed by atoms with Crippen molar-refractivity contribution in [2.45, 2.75) is 101 Å². The first-order valence-corrected chi connectivity index (χ1v) is 22.2. The van der Waals surface area contributed by atoms with E-state index in [1.54, 1.807) is 26.1 Å². The van der Waals surface area contributed by atoms with E-state index in [4.69, 9.17) is 22.3 Å². The number of benzene rings is 1. The number of carboxylic acid groups (broad SMARTS) is 2. The highest BCUT2D eigenvalue weighted by molar-refractivity contribution is 7.80. The van der Waals surface area contributed by atoms with E-state index >= 15 is 0 Å². The van der Waals surface area contributed by atoms with Gasteiger partial charge in [-0.25, -0.2) is 14.8 Å². The highest BCUT2D eigenvalue weighted by Gasteiger charge is 2.35. The van der Waals surface area contributed by atoms with Crippen LogP contribution in [-0.4, -0.2) is 143 Å². The zero-order chi connectivity index (χ0) is 49.9. The standard InChI is InChI=1S/C42H59N15O10S/c1-21(2)34(57-35(60)26(43)9-10-33(58)59)40(65)55-29(12-22-15-49-27-7-4-3-6-25(22)27)37(62)54-30(13-23-16-46-19-50-23)38(63)52-28(8-5-11-48-42(44)45)36(61)53-31(14-24-17-47-20-51-24)39(64)56-32(18-68)41(66)67/h3-4,6-7,15-17,19-21,26,28-32,34,49,68H,5,8-14,18,43H2,1-2H3,(H,46,50)(H,47,51)(H,52,63)(H,53,61)(H,54,62)(H,55,65)(H,56,64)(H,57,60)(H,58,59)(H,66,67)(H4,44,45,48)/t26-,28-,29-,30-,31-,32-,34-/m0/s1. The number of aliphatic imine (C=N–C) groups is 1. The van der Waals surface area contributed by atoms with Crippen molar-refractivity contribution in [2.24, 2.45) is 28.1 Å². The van der Waals surface area contributed by atoms with Crippen molar-refractivity contribution in [3.63, 3.8) is 0 Å². The molecular formula is C42H59N15O10S. The van der Waals surface area contributed by atoms with Crippen molar-refractivity contribution in [1.82, 2.24) is 56.8 Å². The van der Waals surface area contributed by atoms with E-state index in [0.29, 0.717) is 17.0 Å². The van der Waals surface area contributed by atoms with Gasteiger partial charge in [0.05, 0.1) is 18.7 Å². The first kappa shape index (κ1) is 53.1. The highest BCUT2D eigenvalue weighted by atomic mass is 32.1. The molecule has 0 saturated carbocycles. The van der Waals surface area contributed by atoms with Crippen LogP contribution >= 0.6 is 12.6 Å². The molecule has 0 bridgehead atoms. The average Bonchev–Trinajstić information content (AvgIpc) is 4.10. The number of carbonyl (C=O) groups excluding carboxylic acids is 6. The van der Waals surface area contributed by atoms with Gasteiger partial charge in [0, 0.05) is 78.9 Å². The first-order chi connectivity index (χ1) is 32.4. The number of aliphatic carboxylic acids is 2. The molecule has 6 amide bonds. The summed E-state index contributed by atoms with van der Waals surface area (Å²) in [6.45, 7) is 3.34. The number of hydrogen-bond donors (Lipinski definition) is 15. The number of carboxylic acids is 2. The molecule has 0 spiro atoms. The quantitative estimate of drug-likeness (QED) is 0.0121. The summed E-state index contributed by atoms with van der Waals surface area (Å²) in [4.78, 5) is 127. The van der Waals surface area contributed by atoms with Gasteiger partial charge in [-0.3, -0.25) is 38.6 Å². The zero-order valence-electron chi connectivity index (χ0n) is 37.4. The van der Waals surface area contributed by atoms with E-state index in [1.807, 2.05) is 18.2 Å². The minimum absolute atomic E-state index is 0.0396. The fraction of sp³-hybridized carbons (Fsp3) is 0.452. The highest BCUT2D eigenvalue weighted by Crippen LogP contribution is 2.20. The van der Waals surface area contributed by atoms with Crippen LogP contribution in [0.25, 0.3) is 10.9 Å². The Hall–Kier alpha value is -7.48. The predicted octanol–water partition coefficient (Wildman–Crippen LogP) is -2.53. The number of rotatable bonds is 28. The second kappa shape index (κ2) is 26.0. The smallest absolute Gasteiger partial charge is 0.327 e. The minimum Gasteiger partial charge on any atom is -0.481 e. The molecule has 0 aliphatic heterocycles. The van der Waals surface area contributed by atoms with Gasteiger partial charge in [0.1, 0.15) is 36.3 Å². The van der Waals surface area contributed by atoms with Gasteiger partial charge in [-0.15, -0.1) is 0 Å². The molecule has 0 saturated heterocycles. The summed E-state index contributed by atoms with van der Waals surface area (Å²) < 4.78 is 0. The van der Waals surface area contributed by atoms with Crippen LogP contribution in [0.4, 0.5) is 0 Å². The van der Waals surface area contributed by atoms with E-state index in [0.717, 1.165) is 10.9 Å². The molecule has 0 radical (unpaired) electrons. The summed E-state index contributed by atoms with van der Waals surface area (Å²) in [7, 11) is 0. The molecular weight excluding hydrogens is 907 g/mol. The van der Waals surface area contributed by atoms with E-state index in [9.17, 15) is 43.5 Å². The monoisotopic (exact) mass is 965 g/mol. The molecule has 17 N–H and O–H groups in total. The average molecular weight is 966 g/mol. The number of carbonyl (C=O) groups is 8. The van der Waals surface area contributed by atoms with Crippen LogP contribution in [0.5, 0.6) is 0 Å². The molecule has 0 unspecified atom stereocenters. The molecule has 4 aromatic rings. The number of para-hydroxylation sites is 1. The maximum absolute atomic E-state index is 14.6. The van der Waals surface area contributed by atoms with Crippen LogP contribution in [0.1, 0.15) is 56.5 Å². The summed E-state index contributed by atoms with van der Waals surface area (Å²) in [5.41, 5.74) is 19.1. The fourth-order valence-corrected chi connectivity index (χ4v) is 7.14. The number of nitrogens with two attached hydrogens (primary N) is 3. The third-order valence-corrected chi connectivity index (χ3v) is 10.9. The van der Waals surface area contributed by atoms with Gasteiger partial charge in [-0.05, 0) is 36.8 Å². The normalized spacial score (nSPS) is 14.2. The summed E-state index contributed by atoms with van der Waals surface area (Å²) in [5, 5.41) is 35.0. The number of guanidine groups is 1. The van der Waals surface area contributed by atoms with Crippen molar-refractivity contribution >= 4 is 76.9 Å². The van der Waals surface area contributed by atoms with E-state index < -0.39 is 95.6 Å². The lowest BCUT2D eigenvalue weighted by atomic mass is 9.99.